The molecule has 0 spiro atoms. The number of hydrogen-bond donors (Lipinski definition) is 0. The maximum atomic E-state index is 15.0. The molecule has 1 nitrogen and oxygen atoms in total. The maximum Gasteiger partial charge on any atom is 0.200 e. The number of likely N-dealkylation sites (tertiary alicyclic amines) is 1. The van der Waals surface area contributed by atoms with Crippen molar-refractivity contribution >= 4 is 17.6 Å². The molecule has 1 saturated carbocycles. The second kappa shape index (κ2) is 10.0. The lowest BCUT2D eigenvalue weighted by Gasteiger charge is -2.49. The molecule has 2 fully saturated rings. The van der Waals surface area contributed by atoms with Crippen LogP contribution in [0.25, 0.3) is 0 Å². The molecule has 0 bridgehead atoms. The number of halogens is 10. The van der Waals surface area contributed by atoms with Crippen molar-refractivity contribution in [3.05, 3.63) is 58.2 Å². The monoisotopic (exact) mass is 512 g/mol. The van der Waals surface area contributed by atoms with Crippen LogP contribution >= 0.6 is 0 Å². The number of piperidine rings is 1. The van der Waals surface area contributed by atoms with Crippen LogP contribution in [0.1, 0.15) is 44.9 Å². The first kappa shape index (κ1) is 25.8. The minimum Gasteiger partial charge on any atom is -0.303 e. The van der Waals surface area contributed by atoms with Gasteiger partial charge in [-0.1, -0.05) is 25.7 Å². The van der Waals surface area contributed by atoms with Crippen molar-refractivity contribution in [2.24, 2.45) is 0 Å². The molecular weight excluding hydrogens is 491 g/mol. The molecule has 1 heterocycles. The number of nitrogens with zero attached hydrogens (tertiary/aromatic N) is 1. The van der Waals surface area contributed by atoms with Gasteiger partial charge in [0.2, 0.25) is 0 Å². The Labute approximate surface area is 195 Å². The molecule has 0 aromatic heterocycles. The lowest BCUT2D eigenvalue weighted by molar-refractivity contribution is 0.130. The molecule has 0 N–H and O–H groups in total. The Morgan fingerprint density at radius 2 is 0.829 bits per heavy atom. The third-order valence-electron chi connectivity index (χ3n) is 7.62. The normalized spacial score (nSPS) is 21.7. The Balaban J connectivity index is 2.02. The summed E-state index contributed by atoms with van der Waals surface area (Å²) in [5.74, 6) is -24.7. The molecule has 0 unspecified atom stereocenters. The Hall–Kier alpha value is -2.24. The zero-order valence-electron chi connectivity index (χ0n) is 18.5. The summed E-state index contributed by atoms with van der Waals surface area (Å²) in [6.45, 7) is -2.45. The molecule has 0 amide bonds. The summed E-state index contributed by atoms with van der Waals surface area (Å²) in [4.78, 5) is 1.92. The van der Waals surface area contributed by atoms with E-state index in [0.29, 0.717) is 32.4 Å². The van der Waals surface area contributed by atoms with Crippen molar-refractivity contribution in [1.82, 2.24) is 4.90 Å². The third-order valence-corrected chi connectivity index (χ3v) is 7.62. The van der Waals surface area contributed by atoms with E-state index in [-0.39, 0.29) is 6.42 Å². The molecule has 0 radical (unpaired) electrons. The van der Waals surface area contributed by atoms with Gasteiger partial charge in [-0.15, -0.1) is 16.7 Å². The summed E-state index contributed by atoms with van der Waals surface area (Å²) >= 11 is 0. The molecule has 12 heteroatoms. The molecule has 4 rings (SSSR count). The highest BCUT2D eigenvalue weighted by Crippen LogP contribution is 2.38. The highest BCUT2D eigenvalue weighted by molar-refractivity contribution is 6.86. The van der Waals surface area contributed by atoms with Gasteiger partial charge in [0.05, 0.1) is 6.71 Å². The van der Waals surface area contributed by atoms with Crippen molar-refractivity contribution in [3.63, 3.8) is 0 Å². The molecule has 1 aliphatic carbocycles. The van der Waals surface area contributed by atoms with E-state index >= 15 is 0 Å². The van der Waals surface area contributed by atoms with Crippen LogP contribution in [0.4, 0.5) is 43.9 Å². The van der Waals surface area contributed by atoms with Crippen molar-refractivity contribution in [1.29, 1.82) is 0 Å². The van der Waals surface area contributed by atoms with Crippen molar-refractivity contribution in [2.75, 3.05) is 13.1 Å². The minimum absolute atomic E-state index is 0.0557. The molecule has 2 aromatic carbocycles. The minimum atomic E-state index is -3.51. The second-order valence-corrected chi connectivity index (χ2v) is 9.39. The maximum absolute atomic E-state index is 15.0. The van der Waals surface area contributed by atoms with Crippen LogP contribution in [0.3, 0.4) is 0 Å². The standard InChI is InChI=1S/C23H21BF10N/c25-14-12(15(26)19(30)22(33)18(14)29)24(13-16(27)20(31)23(34)21(32)17(13)28)10-6-2-3-7-11(10)35-8-4-1-5-9-35/h10-11,24H,1-9H2/q-1/t10-,11-/m0/s1. The van der Waals surface area contributed by atoms with E-state index in [9.17, 15) is 43.9 Å². The summed E-state index contributed by atoms with van der Waals surface area (Å²) in [6.07, 6.45) is 3.88. The fraction of sp³-hybridized carbons (Fsp3) is 0.478. The first-order chi connectivity index (χ1) is 16.6. The molecule has 192 valence electrons. The summed E-state index contributed by atoms with van der Waals surface area (Å²) in [6, 6.07) is -0.589. The fourth-order valence-corrected chi connectivity index (χ4v) is 6.07. The van der Waals surface area contributed by atoms with Crippen LogP contribution in [-0.2, 0) is 0 Å². The zero-order valence-corrected chi connectivity index (χ0v) is 18.5. The average molecular weight is 512 g/mol. The Morgan fingerprint density at radius 1 is 0.457 bits per heavy atom. The van der Waals surface area contributed by atoms with E-state index in [0.717, 1.165) is 19.3 Å². The third kappa shape index (κ3) is 4.31. The van der Waals surface area contributed by atoms with Crippen LogP contribution in [0.2, 0.25) is 5.82 Å². The van der Waals surface area contributed by atoms with E-state index in [1.54, 1.807) is 0 Å². The van der Waals surface area contributed by atoms with E-state index in [1.807, 2.05) is 4.90 Å². The quantitative estimate of drug-likeness (QED) is 0.235. The molecule has 2 aromatic rings. The van der Waals surface area contributed by atoms with Crippen molar-refractivity contribution in [2.45, 2.75) is 56.8 Å². The van der Waals surface area contributed by atoms with Crippen LogP contribution in [0, 0.1) is 58.2 Å². The fourth-order valence-electron chi connectivity index (χ4n) is 6.07. The van der Waals surface area contributed by atoms with Gasteiger partial charge in [-0.2, -0.15) is 0 Å². The molecular formula is C23H21BF10N-. The number of hydrogen-bond acceptors (Lipinski definition) is 1. The lowest BCUT2D eigenvalue weighted by Crippen LogP contribution is -2.59. The Kier molecular flexibility index (Phi) is 7.40. The zero-order chi connectivity index (χ0) is 25.6. The predicted molar refractivity (Wildman–Crippen MR) is 110 cm³/mol. The van der Waals surface area contributed by atoms with Gasteiger partial charge >= 0.3 is 0 Å². The summed E-state index contributed by atoms with van der Waals surface area (Å²) < 4.78 is 144. The lowest BCUT2D eigenvalue weighted by atomic mass is 9.30. The van der Waals surface area contributed by atoms with Gasteiger partial charge in [-0.3, -0.25) is 0 Å². The van der Waals surface area contributed by atoms with Crippen LogP contribution in [0.15, 0.2) is 0 Å². The van der Waals surface area contributed by atoms with Crippen molar-refractivity contribution < 1.29 is 43.9 Å². The van der Waals surface area contributed by atoms with E-state index < -0.39 is 87.7 Å². The van der Waals surface area contributed by atoms with Crippen LogP contribution < -0.4 is 10.9 Å². The van der Waals surface area contributed by atoms with E-state index in [4.69, 9.17) is 0 Å². The summed E-state index contributed by atoms with van der Waals surface area (Å²) in [5.41, 5.74) is -3.03. The number of rotatable bonds is 4. The molecule has 35 heavy (non-hydrogen) atoms. The average Bonchev–Trinajstić information content (AvgIpc) is 2.88. The molecule has 2 aliphatic rings. The Bertz CT molecular complexity index is 1010. The summed E-state index contributed by atoms with van der Waals surface area (Å²) in [7, 11) is 0. The van der Waals surface area contributed by atoms with Gasteiger partial charge in [0, 0.05) is 0 Å². The Morgan fingerprint density at radius 3 is 1.26 bits per heavy atom. The van der Waals surface area contributed by atoms with Gasteiger partial charge < -0.3 is 4.90 Å². The summed E-state index contributed by atoms with van der Waals surface area (Å²) in [5, 5.41) is 0. The topological polar surface area (TPSA) is 3.24 Å². The number of benzene rings is 2. The highest BCUT2D eigenvalue weighted by Gasteiger charge is 2.40. The van der Waals surface area contributed by atoms with Crippen LogP contribution in [-0.4, -0.2) is 30.7 Å². The SMILES string of the molecule is Fc1c(F)c(F)c([BH-](c2c(F)c(F)c(F)c(F)c2F)[C@H]2CCCC[C@@H]2N2CCCCC2)c(F)c1F. The predicted octanol–water partition coefficient (Wildman–Crippen LogP) is 5.22. The first-order valence-corrected chi connectivity index (χ1v) is 11.5. The van der Waals surface area contributed by atoms with Crippen molar-refractivity contribution in [3.8, 4) is 0 Å². The van der Waals surface area contributed by atoms with Gasteiger partial charge in [0.1, 0.15) is 23.3 Å². The van der Waals surface area contributed by atoms with Gasteiger partial charge in [0.25, 0.3) is 0 Å². The largest absolute Gasteiger partial charge is 0.303 e. The van der Waals surface area contributed by atoms with Crippen LogP contribution in [0.5, 0.6) is 0 Å². The van der Waals surface area contributed by atoms with Gasteiger partial charge in [0.15, 0.2) is 34.9 Å². The smallest absolute Gasteiger partial charge is 0.200 e. The molecule has 2 atom stereocenters. The van der Waals surface area contributed by atoms with Gasteiger partial charge in [-0.05, 0) is 38.4 Å². The van der Waals surface area contributed by atoms with E-state index in [1.165, 1.54) is 0 Å². The highest BCUT2D eigenvalue weighted by atomic mass is 19.2. The van der Waals surface area contributed by atoms with E-state index in [2.05, 4.69) is 0 Å². The second-order valence-electron chi connectivity index (χ2n) is 9.39. The molecule has 1 aliphatic heterocycles. The first-order valence-electron chi connectivity index (χ1n) is 11.5. The molecule has 1 saturated heterocycles. The van der Waals surface area contributed by atoms with Gasteiger partial charge in [-0.25, -0.2) is 43.9 Å².